The molecule has 22 nitrogen and oxygen atoms in total. The fourth-order valence-electron chi connectivity index (χ4n) is 12.3. The number of aromatic amines is 1. The van der Waals surface area contributed by atoms with E-state index in [0.29, 0.717) is 63.6 Å². The minimum absolute atomic E-state index is 0.0105. The van der Waals surface area contributed by atoms with Gasteiger partial charge < -0.3 is 41.0 Å². The minimum Gasteiger partial charge on any atom is -0.368 e. The molecule has 9 heterocycles. The summed E-state index contributed by atoms with van der Waals surface area (Å²) < 4.78 is 84.4. The molecule has 530 valence electrons. The van der Waals surface area contributed by atoms with Crippen LogP contribution in [0, 0.1) is 38.2 Å². The molecule has 3 atom stereocenters. The quantitative estimate of drug-likeness (QED) is 0.0504. The summed E-state index contributed by atoms with van der Waals surface area (Å²) in [6.45, 7) is 20.2. The average molecular weight is 1450 g/mol. The molecule has 3 fully saturated rings. The van der Waals surface area contributed by atoms with Gasteiger partial charge in [0, 0.05) is 159 Å². The predicted molar refractivity (Wildman–Crippen MR) is 377 cm³/mol. The standard InChI is InChI=1S/2C24H27F2N5O2.C12H18N4O.C11H9BrF2N2O/c2*1-14(25)23-21(32)12-17-18(29-23)5-4-16(22(17)26)13-30-8-10-31(11-9-30)20-7-6-19(24(33)27-3)28-15(20)2;1-9-11(16-7-5-14-6-8-16)4-3-10(15-9)12(17)13-2;1-5(13)9-11(17)16-10-7(15-9)3-2-6(4-12)8(10)14/h2*4-7,14H,8-13H2,1-3H3,(H,27,33);3-4,14H,5-8H2,1-2H3,(H,13,17);2-3,5H,4H2,1H3,(H,16,17)/t2*14-;;/m10../s1. The topological polar surface area (TPSA) is 259 Å². The minimum atomic E-state index is -1.48. The fraction of sp³-hybridized carbons (Fsp3) is 0.408. The van der Waals surface area contributed by atoms with Gasteiger partial charge in [-0.15, -0.1) is 0 Å². The van der Waals surface area contributed by atoms with E-state index in [9.17, 15) is 46.3 Å². The molecule has 3 aromatic carbocycles. The second kappa shape index (κ2) is 33.7. The number of aryl methyl sites for hydroxylation is 3. The summed E-state index contributed by atoms with van der Waals surface area (Å²) >= 11 is 3.14. The Labute approximate surface area is 583 Å². The number of alkyl halides is 4. The van der Waals surface area contributed by atoms with Crippen LogP contribution in [-0.4, -0.2) is 187 Å². The van der Waals surface area contributed by atoms with Crippen molar-refractivity contribution in [1.29, 1.82) is 0 Å². The zero-order valence-corrected chi connectivity index (χ0v) is 58.8. The number of carbonyl (C=O) groups is 5. The summed E-state index contributed by atoms with van der Waals surface area (Å²) in [6, 6.07) is 20.8. The lowest BCUT2D eigenvalue weighted by molar-refractivity contribution is -0.113. The Morgan fingerprint density at radius 2 is 0.880 bits per heavy atom. The zero-order valence-electron chi connectivity index (χ0n) is 57.2. The van der Waals surface area contributed by atoms with Crippen molar-refractivity contribution in [3.8, 4) is 0 Å². The first-order valence-corrected chi connectivity index (χ1v) is 34.0. The molecule has 12 rings (SSSR count). The van der Waals surface area contributed by atoms with Gasteiger partial charge in [-0.1, -0.05) is 34.1 Å². The van der Waals surface area contributed by atoms with E-state index in [0.717, 1.165) is 113 Å². The van der Waals surface area contributed by atoms with Gasteiger partial charge in [-0.2, -0.15) is 0 Å². The van der Waals surface area contributed by atoms with E-state index in [1.54, 1.807) is 75.7 Å². The molecule has 5 aliphatic rings. The van der Waals surface area contributed by atoms with Gasteiger partial charge in [0.1, 0.15) is 69.9 Å². The second-order valence-corrected chi connectivity index (χ2v) is 25.1. The molecular weight excluding hydrogens is 1370 g/mol. The first-order valence-electron chi connectivity index (χ1n) is 32.9. The van der Waals surface area contributed by atoms with Crippen molar-refractivity contribution >= 4 is 96.1 Å². The first kappa shape index (κ1) is 74.9. The van der Waals surface area contributed by atoms with Gasteiger partial charge >= 0.3 is 0 Å². The van der Waals surface area contributed by atoms with Crippen LogP contribution in [0.25, 0.3) is 11.0 Å². The van der Waals surface area contributed by atoms with Crippen LogP contribution in [-0.2, 0) is 40.9 Å². The number of amides is 3. The van der Waals surface area contributed by atoms with Crippen molar-refractivity contribution in [3.05, 3.63) is 168 Å². The highest BCUT2D eigenvalue weighted by Gasteiger charge is 2.31. The van der Waals surface area contributed by atoms with Crippen LogP contribution < -0.4 is 41.5 Å². The maximum absolute atomic E-state index is 15.1. The fourth-order valence-corrected chi connectivity index (χ4v) is 12.7. The third-order valence-corrected chi connectivity index (χ3v) is 18.3. The zero-order chi connectivity index (χ0) is 72.2. The summed E-state index contributed by atoms with van der Waals surface area (Å²) in [5.41, 5.74) is 8.47. The summed E-state index contributed by atoms with van der Waals surface area (Å²) in [5, 5.41) is 11.4. The highest BCUT2D eigenvalue weighted by Crippen LogP contribution is 2.34. The number of piperazine rings is 3. The molecule has 7 aromatic rings. The molecule has 3 saturated heterocycles. The van der Waals surface area contributed by atoms with Crippen molar-refractivity contribution in [1.82, 2.24) is 56.0 Å². The Kier molecular flexibility index (Phi) is 25.2. The lowest BCUT2D eigenvalue weighted by Crippen LogP contribution is -2.46. The molecule has 4 aromatic heterocycles. The van der Waals surface area contributed by atoms with Gasteiger partial charge in [0.05, 0.1) is 51.0 Å². The number of hydrogen-bond acceptors (Lipinski definition) is 18. The third kappa shape index (κ3) is 17.6. The smallest absolute Gasteiger partial charge is 0.273 e. The van der Waals surface area contributed by atoms with Crippen molar-refractivity contribution in [3.63, 3.8) is 0 Å². The normalized spacial score (nSPS) is 16.4. The Balaban J connectivity index is 0.000000163. The number of aromatic nitrogens is 5. The molecule has 5 aliphatic heterocycles. The van der Waals surface area contributed by atoms with Crippen LogP contribution >= 0.6 is 15.9 Å². The molecule has 0 aliphatic carbocycles. The first-order chi connectivity index (χ1) is 47.8. The largest absolute Gasteiger partial charge is 0.368 e. The number of benzene rings is 3. The number of anilines is 3. The Bertz CT molecular complexity index is 4160. The van der Waals surface area contributed by atoms with Gasteiger partial charge in [-0.05, 0) is 96.1 Å². The molecule has 1 unspecified atom stereocenters. The maximum atomic E-state index is 15.1. The van der Waals surface area contributed by atoms with Gasteiger partial charge in [0.25, 0.3) is 23.3 Å². The van der Waals surface area contributed by atoms with Crippen LogP contribution in [0.1, 0.15) is 109 Å². The molecular formula is C71H81BrF6N16O6. The number of nitrogens with zero attached hydrogens (tertiary/aromatic N) is 11. The predicted octanol–water partition coefficient (Wildman–Crippen LogP) is 8.68. The van der Waals surface area contributed by atoms with Crippen LogP contribution in [0.2, 0.25) is 0 Å². The summed E-state index contributed by atoms with van der Waals surface area (Å²) in [4.78, 5) is 109. The van der Waals surface area contributed by atoms with Crippen LogP contribution in [0.5, 0.6) is 0 Å². The van der Waals surface area contributed by atoms with Gasteiger partial charge in [-0.3, -0.25) is 38.6 Å². The number of H-pyrrole nitrogens is 1. The lowest BCUT2D eigenvalue weighted by Gasteiger charge is -2.36. The molecule has 0 bridgehead atoms. The molecule has 0 radical (unpaired) electrons. The second-order valence-electron chi connectivity index (χ2n) is 24.5. The number of rotatable bonds is 14. The van der Waals surface area contributed by atoms with Crippen LogP contribution in [0.15, 0.2) is 87.6 Å². The molecule has 0 saturated carbocycles. The molecule has 29 heteroatoms. The number of carbonyl (C=O) groups excluding carboxylic acids is 5. The van der Waals surface area contributed by atoms with Crippen molar-refractivity contribution in [2.24, 2.45) is 9.98 Å². The molecule has 5 N–H and O–H groups in total. The Hall–Kier alpha value is -9.32. The lowest BCUT2D eigenvalue weighted by atomic mass is 9.95. The molecule has 0 spiro atoms. The van der Waals surface area contributed by atoms with Crippen LogP contribution in [0.4, 0.5) is 54.8 Å². The van der Waals surface area contributed by atoms with E-state index in [-0.39, 0.29) is 69.8 Å². The van der Waals surface area contributed by atoms with E-state index < -0.39 is 53.1 Å². The SMILES string of the molecule is CC(F)c1nc2ccc(CBr)c(F)c2[nH]c1=O.CNC(=O)c1ccc(N2CCN(Cc3ccc4c(c3F)CC(=O)C([C@@H](C)F)=N4)CC2)c(C)n1.CNC(=O)c1ccc(N2CCN(Cc3ccc4c(c3F)CC(=O)C([C@H](C)F)=N4)CC2)c(C)n1.CNC(=O)c1ccc(N2CCNCC2)c(C)n1. The van der Waals surface area contributed by atoms with Gasteiger partial charge in [-0.25, -0.2) is 56.3 Å². The van der Waals surface area contributed by atoms with Gasteiger partial charge in [0.2, 0.25) is 0 Å². The van der Waals surface area contributed by atoms with E-state index in [1.165, 1.54) is 20.8 Å². The number of pyridine rings is 3. The van der Waals surface area contributed by atoms with E-state index in [2.05, 4.69) is 96.6 Å². The highest BCUT2D eigenvalue weighted by molar-refractivity contribution is 9.08. The molecule has 100 heavy (non-hydrogen) atoms. The monoisotopic (exact) mass is 1450 g/mol. The number of ketones is 2. The number of halogens is 7. The Morgan fingerprint density at radius 3 is 1.23 bits per heavy atom. The van der Waals surface area contributed by atoms with Crippen molar-refractivity contribution in [2.75, 3.05) is 114 Å². The van der Waals surface area contributed by atoms with Crippen molar-refractivity contribution < 1.29 is 50.3 Å². The van der Waals surface area contributed by atoms with E-state index >= 15 is 8.78 Å². The van der Waals surface area contributed by atoms with Crippen molar-refractivity contribution in [2.45, 2.75) is 91.3 Å². The summed E-state index contributed by atoms with van der Waals surface area (Å²) in [5.74, 6) is -2.90. The van der Waals surface area contributed by atoms with Crippen LogP contribution in [0.3, 0.4) is 0 Å². The maximum Gasteiger partial charge on any atom is 0.273 e. The summed E-state index contributed by atoms with van der Waals surface area (Å²) in [7, 11) is 4.76. The number of aliphatic imine (C=N–C) groups is 2. The highest BCUT2D eigenvalue weighted by atomic mass is 79.9. The number of nitrogens with one attached hydrogen (secondary N) is 5. The summed E-state index contributed by atoms with van der Waals surface area (Å²) in [6.07, 6.45) is -4.74. The number of Topliss-reactive ketones (excluding diaryl/α,β-unsaturated/α-hetero) is 2. The van der Waals surface area contributed by atoms with E-state index in [4.69, 9.17) is 0 Å². The van der Waals surface area contributed by atoms with E-state index in [1.807, 2.05) is 39.0 Å². The average Bonchev–Trinajstić information content (AvgIpc) is 0.792. The molecule has 3 amide bonds. The number of hydrogen-bond donors (Lipinski definition) is 5. The third-order valence-electron chi connectivity index (χ3n) is 17.7. The van der Waals surface area contributed by atoms with Gasteiger partial charge in [0.15, 0.2) is 17.4 Å². The Morgan fingerprint density at radius 1 is 0.500 bits per heavy atom. The number of fused-ring (bicyclic) bond motifs is 3.